The Balaban J connectivity index is 1.52. The molecule has 1 aliphatic carbocycles. The third-order valence-corrected chi connectivity index (χ3v) is 5.41. The normalized spacial score (nSPS) is 24.0. The van der Waals surface area contributed by atoms with Crippen molar-refractivity contribution in [3.05, 3.63) is 35.4 Å². The average Bonchev–Trinajstić information content (AvgIpc) is 3.35. The van der Waals surface area contributed by atoms with Gasteiger partial charge in [-0.15, -0.1) is 0 Å². The largest absolute Gasteiger partial charge is 0.444 e. The van der Waals surface area contributed by atoms with E-state index in [1.807, 2.05) is 0 Å². The van der Waals surface area contributed by atoms with E-state index in [4.69, 9.17) is 9.57 Å². The predicted octanol–water partition coefficient (Wildman–Crippen LogP) is 2.92. The first-order chi connectivity index (χ1) is 13.7. The van der Waals surface area contributed by atoms with Crippen LogP contribution in [-0.4, -0.2) is 51.5 Å². The SMILES string of the molecule is CC(C)(C)OC(=O)N1C(C(=O)ON2C(=O)c3ccccc3C2=O)CCC1C1CC1. The molecule has 1 aromatic rings. The number of benzene rings is 1. The van der Waals surface area contributed by atoms with Crippen LogP contribution in [0.1, 0.15) is 67.2 Å². The first kappa shape index (κ1) is 19.4. The number of fused-ring (bicyclic) bond motifs is 1. The van der Waals surface area contributed by atoms with Gasteiger partial charge in [0, 0.05) is 6.04 Å². The molecule has 8 heteroatoms. The molecule has 3 aliphatic rings. The average molecular weight is 400 g/mol. The molecule has 1 aromatic carbocycles. The summed E-state index contributed by atoms with van der Waals surface area (Å²) in [7, 11) is 0. The lowest BCUT2D eigenvalue weighted by molar-refractivity contribution is -0.174. The van der Waals surface area contributed by atoms with Crippen LogP contribution in [0.25, 0.3) is 0 Å². The molecule has 8 nitrogen and oxygen atoms in total. The molecule has 2 fully saturated rings. The molecule has 1 saturated heterocycles. The number of ether oxygens (including phenoxy) is 1. The summed E-state index contributed by atoms with van der Waals surface area (Å²) in [5.41, 5.74) is -0.321. The number of likely N-dealkylation sites (tertiary alicyclic amines) is 1. The minimum atomic E-state index is -0.889. The van der Waals surface area contributed by atoms with Crippen LogP contribution in [0.2, 0.25) is 0 Å². The van der Waals surface area contributed by atoms with Crippen LogP contribution >= 0.6 is 0 Å². The first-order valence-electron chi connectivity index (χ1n) is 9.88. The quantitative estimate of drug-likeness (QED) is 0.725. The summed E-state index contributed by atoms with van der Waals surface area (Å²) in [4.78, 5) is 57.3. The number of carbonyl (C=O) groups is 4. The molecule has 29 heavy (non-hydrogen) atoms. The van der Waals surface area contributed by atoms with E-state index in [0.29, 0.717) is 23.8 Å². The lowest BCUT2D eigenvalue weighted by Crippen LogP contribution is -2.49. The molecule has 1 saturated carbocycles. The number of rotatable bonds is 3. The molecule has 0 bridgehead atoms. The van der Waals surface area contributed by atoms with Crippen molar-refractivity contribution >= 4 is 23.9 Å². The van der Waals surface area contributed by atoms with Gasteiger partial charge in [0.25, 0.3) is 11.8 Å². The second-order valence-electron chi connectivity index (χ2n) is 8.75. The van der Waals surface area contributed by atoms with E-state index in [1.165, 1.54) is 17.0 Å². The van der Waals surface area contributed by atoms with Gasteiger partial charge in [0.1, 0.15) is 11.6 Å². The van der Waals surface area contributed by atoms with E-state index in [0.717, 1.165) is 12.8 Å². The van der Waals surface area contributed by atoms with Crippen LogP contribution in [0.4, 0.5) is 4.79 Å². The highest BCUT2D eigenvalue weighted by molar-refractivity contribution is 6.20. The molecule has 154 valence electrons. The van der Waals surface area contributed by atoms with Crippen molar-refractivity contribution in [2.75, 3.05) is 0 Å². The predicted molar refractivity (Wildman–Crippen MR) is 101 cm³/mol. The van der Waals surface area contributed by atoms with Crippen LogP contribution in [0.5, 0.6) is 0 Å². The van der Waals surface area contributed by atoms with Gasteiger partial charge in [0.05, 0.1) is 11.1 Å². The third kappa shape index (κ3) is 3.59. The zero-order chi connectivity index (χ0) is 20.9. The molecule has 4 rings (SSSR count). The van der Waals surface area contributed by atoms with E-state index >= 15 is 0 Å². The number of imide groups is 1. The van der Waals surface area contributed by atoms with Crippen LogP contribution in [0.3, 0.4) is 0 Å². The van der Waals surface area contributed by atoms with Gasteiger partial charge in [-0.05, 0) is 64.5 Å². The van der Waals surface area contributed by atoms with Gasteiger partial charge >= 0.3 is 12.1 Å². The molecular weight excluding hydrogens is 376 g/mol. The summed E-state index contributed by atoms with van der Waals surface area (Å²) in [6, 6.07) is 5.31. The van der Waals surface area contributed by atoms with Crippen molar-refractivity contribution in [2.45, 2.75) is 64.1 Å². The molecule has 2 unspecified atom stereocenters. The highest BCUT2D eigenvalue weighted by Gasteiger charge is 2.50. The fourth-order valence-corrected chi connectivity index (χ4v) is 3.99. The maximum atomic E-state index is 12.9. The zero-order valence-corrected chi connectivity index (χ0v) is 16.7. The van der Waals surface area contributed by atoms with Crippen molar-refractivity contribution in [3.63, 3.8) is 0 Å². The minimum absolute atomic E-state index is 0.0930. The Bertz CT molecular complexity index is 850. The van der Waals surface area contributed by atoms with E-state index in [1.54, 1.807) is 32.9 Å². The number of amides is 3. The third-order valence-electron chi connectivity index (χ3n) is 5.41. The lowest BCUT2D eigenvalue weighted by atomic mass is 10.1. The Morgan fingerprint density at radius 2 is 1.55 bits per heavy atom. The monoisotopic (exact) mass is 400 g/mol. The molecule has 0 spiro atoms. The van der Waals surface area contributed by atoms with E-state index in [-0.39, 0.29) is 17.2 Å². The maximum absolute atomic E-state index is 12.9. The van der Waals surface area contributed by atoms with E-state index < -0.39 is 35.5 Å². The van der Waals surface area contributed by atoms with Gasteiger partial charge < -0.3 is 9.57 Å². The van der Waals surface area contributed by atoms with E-state index in [9.17, 15) is 19.2 Å². The van der Waals surface area contributed by atoms with Crippen molar-refractivity contribution in [2.24, 2.45) is 5.92 Å². The Kier molecular flexibility index (Phi) is 4.59. The molecule has 0 radical (unpaired) electrons. The number of hydroxylamine groups is 2. The second kappa shape index (κ2) is 6.86. The Morgan fingerprint density at radius 3 is 2.07 bits per heavy atom. The second-order valence-corrected chi connectivity index (χ2v) is 8.75. The molecule has 2 aliphatic heterocycles. The van der Waals surface area contributed by atoms with Crippen molar-refractivity contribution < 1.29 is 28.8 Å². The van der Waals surface area contributed by atoms with Crippen molar-refractivity contribution in [1.29, 1.82) is 0 Å². The molecule has 2 atom stereocenters. The van der Waals surface area contributed by atoms with Gasteiger partial charge in [-0.25, -0.2) is 9.59 Å². The fourth-order valence-electron chi connectivity index (χ4n) is 3.99. The molecule has 3 amide bonds. The molecule has 0 N–H and O–H groups in total. The van der Waals surface area contributed by atoms with Gasteiger partial charge in [-0.1, -0.05) is 17.2 Å². The standard InChI is InChI=1S/C21H24N2O6/c1-21(2,3)28-20(27)22-15(12-8-9-12)10-11-16(22)19(26)29-23-17(24)13-6-4-5-7-14(13)18(23)25/h4-7,12,15-16H,8-11H2,1-3H3. The van der Waals surface area contributed by atoms with Crippen LogP contribution in [0, 0.1) is 5.92 Å². The summed E-state index contributed by atoms with van der Waals surface area (Å²) in [6.07, 6.45) is 2.50. The fraction of sp³-hybridized carbons (Fsp3) is 0.524. The summed E-state index contributed by atoms with van der Waals surface area (Å²) in [6.45, 7) is 5.29. The summed E-state index contributed by atoms with van der Waals surface area (Å²) in [5.74, 6) is -1.81. The number of carbonyl (C=O) groups excluding carboxylic acids is 4. The summed E-state index contributed by atoms with van der Waals surface area (Å²) in [5, 5.41) is 0.491. The number of hydrogen-bond donors (Lipinski definition) is 0. The van der Waals surface area contributed by atoms with Crippen molar-refractivity contribution in [1.82, 2.24) is 9.96 Å². The molecule has 2 heterocycles. The van der Waals surface area contributed by atoms with Crippen LogP contribution in [-0.2, 0) is 14.4 Å². The summed E-state index contributed by atoms with van der Waals surface area (Å²) >= 11 is 0. The zero-order valence-electron chi connectivity index (χ0n) is 16.7. The van der Waals surface area contributed by atoms with Gasteiger partial charge in [0.2, 0.25) is 0 Å². The number of nitrogens with zero attached hydrogens (tertiary/aromatic N) is 2. The van der Waals surface area contributed by atoms with Gasteiger partial charge in [0.15, 0.2) is 0 Å². The smallest absolute Gasteiger partial charge is 0.411 e. The Labute approximate surface area is 168 Å². The van der Waals surface area contributed by atoms with Gasteiger partial charge in [-0.3, -0.25) is 14.5 Å². The van der Waals surface area contributed by atoms with Crippen molar-refractivity contribution in [3.8, 4) is 0 Å². The minimum Gasteiger partial charge on any atom is -0.444 e. The Morgan fingerprint density at radius 1 is 0.966 bits per heavy atom. The maximum Gasteiger partial charge on any atom is 0.411 e. The highest BCUT2D eigenvalue weighted by Crippen LogP contribution is 2.43. The topological polar surface area (TPSA) is 93.2 Å². The van der Waals surface area contributed by atoms with E-state index in [2.05, 4.69) is 0 Å². The lowest BCUT2D eigenvalue weighted by Gasteiger charge is -2.32. The van der Waals surface area contributed by atoms with Crippen LogP contribution < -0.4 is 0 Å². The summed E-state index contributed by atoms with van der Waals surface area (Å²) < 4.78 is 5.50. The molecular formula is C21H24N2O6. The van der Waals surface area contributed by atoms with Gasteiger partial charge in [-0.2, -0.15) is 0 Å². The molecule has 0 aromatic heterocycles. The van der Waals surface area contributed by atoms with Crippen LogP contribution in [0.15, 0.2) is 24.3 Å². The first-order valence-corrected chi connectivity index (χ1v) is 9.88. The number of hydrogen-bond acceptors (Lipinski definition) is 6. The Hall–Kier alpha value is -2.90. The highest BCUT2D eigenvalue weighted by atomic mass is 16.7.